The van der Waals surface area contributed by atoms with Crippen LogP contribution in [0.3, 0.4) is 0 Å². The predicted molar refractivity (Wildman–Crippen MR) is 202 cm³/mol. The van der Waals surface area contributed by atoms with Crippen molar-refractivity contribution in [3.63, 3.8) is 0 Å². The minimum atomic E-state index is -0.233. The normalized spacial score (nSPS) is 18.2. The molecule has 2 aliphatic rings. The molecule has 2 fully saturated rings. The monoisotopic (exact) mass is 705 g/mol. The van der Waals surface area contributed by atoms with Crippen LogP contribution in [-0.2, 0) is 24.3 Å². The zero-order valence-electron chi connectivity index (χ0n) is 30.3. The average molecular weight is 706 g/mol. The van der Waals surface area contributed by atoms with Crippen LogP contribution in [0.4, 0.5) is 10.3 Å². The number of anilines is 1. The molecule has 0 spiro atoms. The Kier molecular flexibility index (Phi) is 10.6. The molecule has 5 aromatic rings. The zero-order valence-corrected chi connectivity index (χ0v) is 30.3. The topological polar surface area (TPSA) is 81.1 Å². The standard InChI is InChI=1S/C42H48FN5O4/c1-50-37-23-32(24-38(51-2)40(37)52-3)27-47-29-42(26-39(47)49,25-30-9-5-4-6-10-30)19-22-46-20-17-34(18-21-46)44-41-45-35-11-7-8-12-36(35)48(41)28-31-13-15-33(43)16-14-31/h4-16,23-24,34H,17-22,25-29H2,1-3H3,(H,44,45). The number of benzene rings is 4. The van der Waals surface area contributed by atoms with Crippen LogP contribution in [0.25, 0.3) is 11.0 Å². The Morgan fingerprint density at radius 3 is 2.21 bits per heavy atom. The van der Waals surface area contributed by atoms with Crippen molar-refractivity contribution in [3.05, 3.63) is 114 Å². The lowest BCUT2D eigenvalue weighted by Crippen LogP contribution is -2.42. The highest BCUT2D eigenvalue weighted by Gasteiger charge is 2.43. The molecule has 7 rings (SSSR count). The molecule has 272 valence electrons. The molecular formula is C42H48FN5O4. The van der Waals surface area contributed by atoms with Crippen LogP contribution in [0.1, 0.15) is 42.4 Å². The van der Waals surface area contributed by atoms with Crippen molar-refractivity contribution >= 4 is 22.9 Å². The van der Waals surface area contributed by atoms with Crippen molar-refractivity contribution in [2.24, 2.45) is 5.41 Å². The van der Waals surface area contributed by atoms with Crippen LogP contribution >= 0.6 is 0 Å². The van der Waals surface area contributed by atoms with Gasteiger partial charge in [-0.1, -0.05) is 54.6 Å². The Hall–Kier alpha value is -5.09. The number of piperidine rings is 1. The molecule has 0 aliphatic carbocycles. The molecule has 1 aromatic heterocycles. The summed E-state index contributed by atoms with van der Waals surface area (Å²) in [6, 6.07) is 29.6. The molecule has 1 amide bonds. The molecule has 0 saturated carbocycles. The molecule has 10 heteroatoms. The Morgan fingerprint density at radius 2 is 1.52 bits per heavy atom. The molecule has 52 heavy (non-hydrogen) atoms. The molecule has 4 aromatic carbocycles. The largest absolute Gasteiger partial charge is 0.493 e. The number of carbonyl (C=O) groups is 1. The smallest absolute Gasteiger partial charge is 0.223 e. The van der Waals surface area contributed by atoms with Gasteiger partial charge in [-0.3, -0.25) is 4.79 Å². The summed E-state index contributed by atoms with van der Waals surface area (Å²) in [5.41, 5.74) is 5.06. The molecule has 9 nitrogen and oxygen atoms in total. The fourth-order valence-corrected chi connectivity index (χ4v) is 7.97. The number of imidazole rings is 1. The van der Waals surface area contributed by atoms with Crippen LogP contribution in [0.5, 0.6) is 17.2 Å². The Bertz CT molecular complexity index is 1950. The summed E-state index contributed by atoms with van der Waals surface area (Å²) < 4.78 is 32.5. The van der Waals surface area contributed by atoms with E-state index in [-0.39, 0.29) is 17.1 Å². The molecule has 2 aliphatic heterocycles. The summed E-state index contributed by atoms with van der Waals surface area (Å²) >= 11 is 0. The first kappa shape index (κ1) is 35.3. The summed E-state index contributed by atoms with van der Waals surface area (Å²) in [4.78, 5) is 23.2. The Labute approximate surface area is 305 Å². The number of fused-ring (bicyclic) bond motifs is 1. The summed E-state index contributed by atoms with van der Waals surface area (Å²) in [6.07, 6.45) is 4.31. The lowest BCUT2D eigenvalue weighted by atomic mass is 9.77. The second-order valence-electron chi connectivity index (χ2n) is 14.3. The van der Waals surface area contributed by atoms with Crippen molar-refractivity contribution in [2.45, 2.75) is 51.2 Å². The first-order chi connectivity index (χ1) is 25.3. The van der Waals surface area contributed by atoms with Gasteiger partial charge in [0.15, 0.2) is 11.5 Å². The van der Waals surface area contributed by atoms with Crippen molar-refractivity contribution < 1.29 is 23.4 Å². The second-order valence-corrected chi connectivity index (χ2v) is 14.3. The third-order valence-electron chi connectivity index (χ3n) is 10.7. The average Bonchev–Trinajstić information content (AvgIpc) is 3.67. The number of hydrogen-bond donors (Lipinski definition) is 1. The number of carbonyl (C=O) groups excluding carboxylic acids is 1. The van der Waals surface area contributed by atoms with Gasteiger partial charge in [-0.25, -0.2) is 9.37 Å². The van der Waals surface area contributed by atoms with Crippen molar-refractivity contribution in [1.82, 2.24) is 19.4 Å². The van der Waals surface area contributed by atoms with Gasteiger partial charge in [0.2, 0.25) is 17.6 Å². The number of hydrogen-bond acceptors (Lipinski definition) is 7. The maximum Gasteiger partial charge on any atom is 0.223 e. The number of nitrogens with zero attached hydrogens (tertiary/aromatic N) is 4. The molecule has 1 unspecified atom stereocenters. The molecule has 1 atom stereocenters. The number of amides is 1. The third-order valence-corrected chi connectivity index (χ3v) is 10.7. The highest BCUT2D eigenvalue weighted by Crippen LogP contribution is 2.42. The van der Waals surface area contributed by atoms with Crippen LogP contribution in [-0.4, -0.2) is 78.8 Å². The first-order valence-corrected chi connectivity index (χ1v) is 18.1. The van der Waals surface area contributed by atoms with Crippen LogP contribution < -0.4 is 19.5 Å². The molecule has 2 saturated heterocycles. The third kappa shape index (κ3) is 7.87. The fraction of sp³-hybridized carbons (Fsp3) is 0.381. The maximum absolute atomic E-state index is 13.7. The number of ether oxygens (including phenoxy) is 3. The van der Waals surface area contributed by atoms with Crippen LogP contribution in [0.2, 0.25) is 0 Å². The quantitative estimate of drug-likeness (QED) is 0.131. The molecule has 0 bridgehead atoms. The highest BCUT2D eigenvalue weighted by atomic mass is 19.1. The summed E-state index contributed by atoms with van der Waals surface area (Å²) in [6.45, 7) is 4.67. The van der Waals surface area contributed by atoms with E-state index < -0.39 is 0 Å². The summed E-state index contributed by atoms with van der Waals surface area (Å²) in [5.74, 6) is 2.51. The van der Waals surface area contributed by atoms with Gasteiger partial charge < -0.3 is 33.9 Å². The summed E-state index contributed by atoms with van der Waals surface area (Å²) in [5, 5.41) is 3.76. The molecule has 0 radical (unpaired) electrons. The number of methoxy groups -OCH3 is 3. The minimum absolute atomic E-state index is 0.167. The number of halogens is 1. The second kappa shape index (κ2) is 15.7. The molecule has 3 heterocycles. The SMILES string of the molecule is COc1cc(CN2CC(CCN3CCC(Nc4nc5ccccc5n4Cc4ccc(F)cc4)CC3)(Cc3ccccc3)CC2=O)cc(OC)c1OC. The van der Waals surface area contributed by atoms with Gasteiger partial charge in [-0.15, -0.1) is 0 Å². The molecule has 1 N–H and O–H groups in total. The number of para-hydroxylation sites is 2. The highest BCUT2D eigenvalue weighted by molar-refractivity contribution is 5.80. The van der Waals surface area contributed by atoms with E-state index >= 15 is 0 Å². The predicted octanol–water partition coefficient (Wildman–Crippen LogP) is 7.18. The van der Waals surface area contributed by atoms with Crippen molar-refractivity contribution in [2.75, 3.05) is 52.8 Å². The van der Waals surface area contributed by atoms with E-state index in [1.165, 1.54) is 17.7 Å². The van der Waals surface area contributed by atoms with E-state index in [1.54, 1.807) is 21.3 Å². The minimum Gasteiger partial charge on any atom is -0.493 e. The first-order valence-electron chi connectivity index (χ1n) is 18.1. The Balaban J connectivity index is 1.01. The van der Waals surface area contributed by atoms with Gasteiger partial charge in [-0.05, 0) is 85.3 Å². The van der Waals surface area contributed by atoms with Crippen molar-refractivity contribution in [1.29, 1.82) is 0 Å². The maximum atomic E-state index is 13.7. The molecular weight excluding hydrogens is 657 g/mol. The number of aromatic nitrogens is 2. The van der Waals surface area contributed by atoms with Gasteiger partial charge in [-0.2, -0.15) is 0 Å². The van der Waals surface area contributed by atoms with E-state index in [0.717, 1.165) is 73.4 Å². The van der Waals surface area contributed by atoms with E-state index in [4.69, 9.17) is 19.2 Å². The van der Waals surface area contributed by atoms with E-state index in [2.05, 4.69) is 45.1 Å². The number of rotatable bonds is 14. The van der Waals surface area contributed by atoms with E-state index in [9.17, 15) is 9.18 Å². The Morgan fingerprint density at radius 1 is 0.827 bits per heavy atom. The van der Waals surface area contributed by atoms with E-state index in [0.29, 0.717) is 49.3 Å². The van der Waals surface area contributed by atoms with Gasteiger partial charge in [0.05, 0.1) is 38.9 Å². The van der Waals surface area contributed by atoms with Gasteiger partial charge in [0.25, 0.3) is 0 Å². The fourth-order valence-electron chi connectivity index (χ4n) is 7.97. The summed E-state index contributed by atoms with van der Waals surface area (Å²) in [7, 11) is 4.81. The number of likely N-dealkylation sites (tertiary alicyclic amines) is 2. The number of nitrogens with one attached hydrogen (secondary N) is 1. The van der Waals surface area contributed by atoms with Gasteiger partial charge in [0, 0.05) is 44.1 Å². The van der Waals surface area contributed by atoms with E-state index in [1.807, 2.05) is 53.4 Å². The van der Waals surface area contributed by atoms with Crippen LogP contribution in [0.15, 0.2) is 91.0 Å². The zero-order chi connectivity index (χ0) is 36.1. The van der Waals surface area contributed by atoms with Crippen LogP contribution in [0, 0.1) is 11.2 Å². The van der Waals surface area contributed by atoms with Gasteiger partial charge >= 0.3 is 0 Å². The lowest BCUT2D eigenvalue weighted by Gasteiger charge is -2.36. The van der Waals surface area contributed by atoms with Crippen molar-refractivity contribution in [3.8, 4) is 17.2 Å². The lowest BCUT2D eigenvalue weighted by molar-refractivity contribution is -0.128. The van der Waals surface area contributed by atoms with Gasteiger partial charge in [0.1, 0.15) is 5.82 Å².